The number of likely N-dealkylation sites (tertiary alicyclic amines) is 1. The molecule has 122 valence electrons. The number of hydrogen-bond acceptors (Lipinski definition) is 2. The molecule has 1 atom stereocenters. The van der Waals surface area contributed by atoms with E-state index in [4.69, 9.17) is 5.73 Å². The summed E-state index contributed by atoms with van der Waals surface area (Å²) in [5.74, 6) is 0.370. The number of carbonyl (C=O) groups is 1. The predicted octanol–water partition coefficient (Wildman–Crippen LogP) is 3.02. The third kappa shape index (κ3) is 3.16. The third-order valence-corrected chi connectivity index (χ3v) is 5.49. The highest BCUT2D eigenvalue weighted by Gasteiger charge is 2.48. The molecule has 0 spiro atoms. The van der Waals surface area contributed by atoms with Gasteiger partial charge in [0.2, 0.25) is 5.91 Å². The summed E-state index contributed by atoms with van der Waals surface area (Å²) < 4.78 is 0. The fraction of sp³-hybridized carbons (Fsp3) is 0.611. The van der Waals surface area contributed by atoms with Crippen LogP contribution in [0, 0.1) is 10.8 Å². The van der Waals surface area contributed by atoms with Crippen molar-refractivity contribution in [3.8, 4) is 0 Å². The maximum Gasteiger partial charge on any atom is 0.229 e. The van der Waals surface area contributed by atoms with Gasteiger partial charge in [0.15, 0.2) is 0 Å². The molecule has 1 heterocycles. The van der Waals surface area contributed by atoms with Gasteiger partial charge in [-0.25, -0.2) is 0 Å². The second kappa shape index (κ2) is 6.59. The third-order valence-electron chi connectivity index (χ3n) is 5.49. The predicted molar refractivity (Wildman–Crippen MR) is 92.0 cm³/mol. The molecular weight excluding hydrogens is 296 g/mol. The molecule has 22 heavy (non-hydrogen) atoms. The molecule has 2 fully saturated rings. The van der Waals surface area contributed by atoms with Crippen LogP contribution in [0.5, 0.6) is 0 Å². The smallest absolute Gasteiger partial charge is 0.229 e. The molecule has 1 saturated heterocycles. The molecule has 2 N–H and O–H groups in total. The summed E-state index contributed by atoms with van der Waals surface area (Å²) in [6, 6.07) is 10.4. The average Bonchev–Trinajstić information content (AvgIpc) is 2.87. The SMILES string of the molecule is CC1(CN)CCN(C(=O)C2(Cc3ccccc3)CCC2)C1.Cl. The zero-order valence-electron chi connectivity index (χ0n) is 13.4. The van der Waals surface area contributed by atoms with E-state index in [1.807, 2.05) is 6.07 Å². The number of rotatable bonds is 4. The van der Waals surface area contributed by atoms with E-state index in [9.17, 15) is 4.79 Å². The number of hydrogen-bond donors (Lipinski definition) is 1. The number of nitrogens with two attached hydrogens (primary N) is 1. The van der Waals surface area contributed by atoms with Gasteiger partial charge in [0, 0.05) is 13.1 Å². The lowest BCUT2D eigenvalue weighted by Crippen LogP contribution is -2.49. The van der Waals surface area contributed by atoms with Crippen molar-refractivity contribution in [3.05, 3.63) is 35.9 Å². The Hall–Kier alpha value is -1.06. The van der Waals surface area contributed by atoms with Gasteiger partial charge in [0.25, 0.3) is 0 Å². The summed E-state index contributed by atoms with van der Waals surface area (Å²) in [4.78, 5) is 15.1. The summed E-state index contributed by atoms with van der Waals surface area (Å²) in [6.07, 6.45) is 5.19. The van der Waals surface area contributed by atoms with Crippen molar-refractivity contribution in [1.29, 1.82) is 0 Å². The molecule has 0 bridgehead atoms. The van der Waals surface area contributed by atoms with Crippen molar-refractivity contribution in [1.82, 2.24) is 4.90 Å². The molecule has 1 saturated carbocycles. The highest BCUT2D eigenvalue weighted by Crippen LogP contribution is 2.46. The first-order valence-electron chi connectivity index (χ1n) is 8.10. The molecule has 0 aromatic heterocycles. The number of amides is 1. The molecule has 1 amide bonds. The Bertz CT molecular complexity index is 515. The van der Waals surface area contributed by atoms with E-state index in [1.165, 1.54) is 12.0 Å². The van der Waals surface area contributed by atoms with E-state index < -0.39 is 0 Å². The largest absolute Gasteiger partial charge is 0.342 e. The van der Waals surface area contributed by atoms with Crippen LogP contribution in [0.3, 0.4) is 0 Å². The lowest BCUT2D eigenvalue weighted by atomic mass is 9.64. The lowest BCUT2D eigenvalue weighted by molar-refractivity contribution is -0.146. The quantitative estimate of drug-likeness (QED) is 0.926. The van der Waals surface area contributed by atoms with Gasteiger partial charge in [-0.05, 0) is 43.2 Å². The summed E-state index contributed by atoms with van der Waals surface area (Å²) in [5, 5.41) is 0. The average molecular weight is 323 g/mol. The molecular formula is C18H27ClN2O. The van der Waals surface area contributed by atoms with Gasteiger partial charge in [0.1, 0.15) is 0 Å². The molecule has 1 aliphatic heterocycles. The Balaban J connectivity index is 0.00000176. The highest BCUT2D eigenvalue weighted by atomic mass is 35.5. The molecule has 4 heteroatoms. The zero-order chi connectivity index (χ0) is 14.9. The van der Waals surface area contributed by atoms with Gasteiger partial charge in [-0.15, -0.1) is 12.4 Å². The molecule has 1 aromatic carbocycles. The van der Waals surface area contributed by atoms with E-state index in [2.05, 4.69) is 36.1 Å². The van der Waals surface area contributed by atoms with E-state index >= 15 is 0 Å². The molecule has 2 aliphatic rings. The maximum absolute atomic E-state index is 13.0. The van der Waals surface area contributed by atoms with Crippen molar-refractivity contribution in [2.75, 3.05) is 19.6 Å². The van der Waals surface area contributed by atoms with Gasteiger partial charge in [-0.3, -0.25) is 4.79 Å². The molecule has 3 rings (SSSR count). The van der Waals surface area contributed by atoms with E-state index in [1.54, 1.807) is 0 Å². The second-order valence-electron chi connectivity index (χ2n) is 7.29. The summed E-state index contributed by atoms with van der Waals surface area (Å²) in [5.41, 5.74) is 7.14. The Labute approximate surface area is 139 Å². The Morgan fingerprint density at radius 1 is 1.23 bits per heavy atom. The van der Waals surface area contributed by atoms with Crippen molar-refractivity contribution >= 4 is 18.3 Å². The van der Waals surface area contributed by atoms with Gasteiger partial charge in [0.05, 0.1) is 5.41 Å². The van der Waals surface area contributed by atoms with Gasteiger partial charge < -0.3 is 10.6 Å². The van der Waals surface area contributed by atoms with Crippen molar-refractivity contribution in [2.24, 2.45) is 16.6 Å². The first-order chi connectivity index (χ1) is 10.1. The minimum atomic E-state index is -0.138. The molecule has 1 unspecified atom stereocenters. The van der Waals surface area contributed by atoms with Crippen LogP contribution in [0.4, 0.5) is 0 Å². The standard InChI is InChI=1S/C18H26N2O.ClH/c1-17(13-19)10-11-20(14-17)16(21)18(8-5-9-18)12-15-6-3-2-4-7-15;/h2-4,6-7H,5,8-14,19H2,1H3;1H. The van der Waals surface area contributed by atoms with Gasteiger partial charge >= 0.3 is 0 Å². The van der Waals surface area contributed by atoms with E-state index in [-0.39, 0.29) is 23.2 Å². The Kier molecular flexibility index (Phi) is 5.18. The molecule has 3 nitrogen and oxygen atoms in total. The van der Waals surface area contributed by atoms with Crippen LogP contribution in [0.15, 0.2) is 30.3 Å². The first-order valence-corrected chi connectivity index (χ1v) is 8.10. The number of halogens is 1. The molecule has 1 aromatic rings. The van der Waals surface area contributed by atoms with E-state index in [0.717, 1.165) is 38.8 Å². The highest BCUT2D eigenvalue weighted by molar-refractivity contribution is 5.85. The van der Waals surface area contributed by atoms with Crippen LogP contribution in [0.2, 0.25) is 0 Å². The van der Waals surface area contributed by atoms with Crippen molar-refractivity contribution in [3.63, 3.8) is 0 Å². The fourth-order valence-electron chi connectivity index (χ4n) is 3.76. The van der Waals surface area contributed by atoms with Crippen molar-refractivity contribution < 1.29 is 4.79 Å². The summed E-state index contributed by atoms with van der Waals surface area (Å²) in [7, 11) is 0. The lowest BCUT2D eigenvalue weighted by Gasteiger charge is -2.43. The van der Waals surface area contributed by atoms with Gasteiger partial charge in [-0.1, -0.05) is 43.7 Å². The van der Waals surface area contributed by atoms with Crippen LogP contribution in [0.1, 0.15) is 38.2 Å². The monoisotopic (exact) mass is 322 g/mol. The topological polar surface area (TPSA) is 46.3 Å². The van der Waals surface area contributed by atoms with Crippen LogP contribution in [-0.2, 0) is 11.2 Å². The minimum absolute atomic E-state index is 0. The van der Waals surface area contributed by atoms with Crippen LogP contribution >= 0.6 is 12.4 Å². The van der Waals surface area contributed by atoms with Crippen LogP contribution < -0.4 is 5.73 Å². The maximum atomic E-state index is 13.0. The second-order valence-corrected chi connectivity index (χ2v) is 7.29. The first kappa shape index (κ1) is 17.3. The Morgan fingerprint density at radius 2 is 1.91 bits per heavy atom. The van der Waals surface area contributed by atoms with Crippen LogP contribution in [-0.4, -0.2) is 30.4 Å². The Morgan fingerprint density at radius 3 is 2.41 bits per heavy atom. The summed E-state index contributed by atoms with van der Waals surface area (Å²) >= 11 is 0. The number of benzene rings is 1. The fourth-order valence-corrected chi connectivity index (χ4v) is 3.76. The normalized spacial score (nSPS) is 26.2. The summed E-state index contributed by atoms with van der Waals surface area (Å²) in [6.45, 7) is 4.58. The van der Waals surface area contributed by atoms with Gasteiger partial charge in [-0.2, -0.15) is 0 Å². The number of carbonyl (C=O) groups excluding carboxylic acids is 1. The number of nitrogens with zero attached hydrogens (tertiary/aromatic N) is 1. The van der Waals surface area contributed by atoms with Crippen LogP contribution in [0.25, 0.3) is 0 Å². The zero-order valence-corrected chi connectivity index (χ0v) is 14.2. The van der Waals surface area contributed by atoms with E-state index in [0.29, 0.717) is 12.5 Å². The minimum Gasteiger partial charge on any atom is -0.342 e. The van der Waals surface area contributed by atoms with Crippen molar-refractivity contribution in [2.45, 2.75) is 39.0 Å². The molecule has 1 aliphatic carbocycles. The molecule has 0 radical (unpaired) electrons.